The predicted molar refractivity (Wildman–Crippen MR) is 76.1 cm³/mol. The largest absolute Gasteiger partial charge is 0.381 e. The van der Waals surface area contributed by atoms with Crippen LogP contribution in [0.2, 0.25) is 5.02 Å². The molecule has 2 nitrogen and oxygen atoms in total. The Bertz CT molecular complexity index is 388. The second kappa shape index (κ2) is 6.55. The molecule has 0 bridgehead atoms. The molecule has 1 heterocycles. The quantitative estimate of drug-likeness (QED) is 0.898. The molecule has 0 saturated carbocycles. The van der Waals surface area contributed by atoms with Crippen LogP contribution in [-0.4, -0.2) is 20.3 Å². The Labute approximate surface area is 115 Å². The maximum absolute atomic E-state index is 6.42. The van der Waals surface area contributed by atoms with E-state index >= 15 is 0 Å². The van der Waals surface area contributed by atoms with Crippen LogP contribution < -0.4 is 5.32 Å². The molecule has 1 aliphatic heterocycles. The van der Waals surface area contributed by atoms with Crippen molar-refractivity contribution in [3.63, 3.8) is 0 Å². The molecule has 18 heavy (non-hydrogen) atoms. The molecule has 1 saturated heterocycles. The van der Waals surface area contributed by atoms with Gasteiger partial charge in [0.15, 0.2) is 0 Å². The second-order valence-electron chi connectivity index (χ2n) is 5.11. The first-order chi connectivity index (χ1) is 8.72. The van der Waals surface area contributed by atoms with Crippen molar-refractivity contribution in [1.29, 1.82) is 0 Å². The standard InChI is InChI=1S/C15H22ClNO/c1-11-4-3-5-13(15(11)16)14(17-2)10-12-6-8-18-9-7-12/h3-5,12,14,17H,6-10H2,1-2H3. The fourth-order valence-corrected chi connectivity index (χ4v) is 2.91. The van der Waals surface area contributed by atoms with Crippen molar-refractivity contribution in [1.82, 2.24) is 5.32 Å². The van der Waals surface area contributed by atoms with E-state index in [0.29, 0.717) is 6.04 Å². The van der Waals surface area contributed by atoms with Crippen molar-refractivity contribution >= 4 is 11.6 Å². The molecule has 0 radical (unpaired) electrons. The minimum atomic E-state index is 0.348. The van der Waals surface area contributed by atoms with E-state index in [9.17, 15) is 0 Å². The number of benzene rings is 1. The summed E-state index contributed by atoms with van der Waals surface area (Å²) >= 11 is 6.42. The molecule has 2 rings (SSSR count). The van der Waals surface area contributed by atoms with Gasteiger partial charge in [-0.25, -0.2) is 0 Å². The van der Waals surface area contributed by atoms with E-state index in [-0.39, 0.29) is 0 Å². The van der Waals surface area contributed by atoms with Gasteiger partial charge < -0.3 is 10.1 Å². The van der Waals surface area contributed by atoms with Crippen molar-refractivity contribution in [2.24, 2.45) is 5.92 Å². The van der Waals surface area contributed by atoms with Gasteiger partial charge in [-0.2, -0.15) is 0 Å². The van der Waals surface area contributed by atoms with E-state index in [0.717, 1.165) is 36.1 Å². The van der Waals surface area contributed by atoms with Crippen LogP contribution in [0, 0.1) is 12.8 Å². The molecule has 0 amide bonds. The van der Waals surface area contributed by atoms with Crippen LogP contribution in [0.4, 0.5) is 0 Å². The third kappa shape index (κ3) is 3.25. The normalized spacial score (nSPS) is 18.8. The van der Waals surface area contributed by atoms with Gasteiger partial charge in [0.25, 0.3) is 0 Å². The van der Waals surface area contributed by atoms with Gasteiger partial charge in [0.2, 0.25) is 0 Å². The minimum Gasteiger partial charge on any atom is -0.381 e. The third-order valence-corrected chi connectivity index (χ3v) is 4.37. The highest BCUT2D eigenvalue weighted by molar-refractivity contribution is 6.32. The van der Waals surface area contributed by atoms with Crippen molar-refractivity contribution in [3.05, 3.63) is 34.3 Å². The highest BCUT2D eigenvalue weighted by atomic mass is 35.5. The zero-order valence-corrected chi connectivity index (χ0v) is 12.0. The average molecular weight is 268 g/mol. The molecule has 1 aromatic carbocycles. The third-order valence-electron chi connectivity index (χ3n) is 3.86. The topological polar surface area (TPSA) is 21.3 Å². The molecular formula is C15H22ClNO. The molecule has 100 valence electrons. The van der Waals surface area contributed by atoms with Gasteiger partial charge in [0, 0.05) is 24.3 Å². The summed E-state index contributed by atoms with van der Waals surface area (Å²) in [6.45, 7) is 3.87. The molecule has 0 aliphatic carbocycles. The lowest BCUT2D eigenvalue weighted by atomic mass is 9.89. The average Bonchev–Trinajstić information content (AvgIpc) is 2.41. The number of halogens is 1. The molecule has 1 unspecified atom stereocenters. The summed E-state index contributed by atoms with van der Waals surface area (Å²) < 4.78 is 5.42. The number of ether oxygens (including phenoxy) is 1. The number of nitrogens with one attached hydrogen (secondary N) is 1. The van der Waals surface area contributed by atoms with E-state index in [1.165, 1.54) is 18.4 Å². The number of hydrogen-bond acceptors (Lipinski definition) is 2. The van der Waals surface area contributed by atoms with Gasteiger partial charge in [-0.15, -0.1) is 0 Å². The summed E-state index contributed by atoms with van der Waals surface area (Å²) in [6, 6.07) is 6.63. The van der Waals surface area contributed by atoms with Crippen LogP contribution in [0.15, 0.2) is 18.2 Å². The highest BCUT2D eigenvalue weighted by Crippen LogP contribution is 2.32. The van der Waals surface area contributed by atoms with E-state index in [2.05, 4.69) is 30.4 Å². The van der Waals surface area contributed by atoms with E-state index in [1.807, 2.05) is 7.05 Å². The van der Waals surface area contributed by atoms with Gasteiger partial charge in [-0.1, -0.05) is 29.8 Å². The van der Waals surface area contributed by atoms with Gasteiger partial charge in [0.05, 0.1) is 0 Å². The Morgan fingerprint density at radius 2 is 2.11 bits per heavy atom. The minimum absolute atomic E-state index is 0.348. The molecule has 0 spiro atoms. The Hall–Kier alpha value is -0.570. The van der Waals surface area contributed by atoms with Gasteiger partial charge in [-0.3, -0.25) is 0 Å². The number of hydrogen-bond donors (Lipinski definition) is 1. The molecule has 1 aliphatic rings. The van der Waals surface area contributed by atoms with Gasteiger partial charge in [0.1, 0.15) is 0 Å². The zero-order chi connectivity index (χ0) is 13.0. The number of aryl methyl sites for hydroxylation is 1. The maximum atomic E-state index is 6.42. The summed E-state index contributed by atoms with van der Waals surface area (Å²) in [7, 11) is 2.02. The first-order valence-corrected chi connectivity index (χ1v) is 7.10. The molecule has 1 aromatic rings. The van der Waals surface area contributed by atoms with Crippen LogP contribution in [0.1, 0.15) is 36.4 Å². The van der Waals surface area contributed by atoms with E-state index in [4.69, 9.17) is 16.3 Å². The Morgan fingerprint density at radius 3 is 2.78 bits per heavy atom. The van der Waals surface area contributed by atoms with Crippen LogP contribution in [0.3, 0.4) is 0 Å². The van der Waals surface area contributed by atoms with Crippen molar-refractivity contribution < 1.29 is 4.74 Å². The first kappa shape index (κ1) is 13.9. The summed E-state index contributed by atoms with van der Waals surface area (Å²) in [4.78, 5) is 0. The molecular weight excluding hydrogens is 246 g/mol. The predicted octanol–water partition coefficient (Wildman–Crippen LogP) is 3.73. The van der Waals surface area contributed by atoms with Crippen molar-refractivity contribution in [2.45, 2.75) is 32.2 Å². The Kier molecular flexibility index (Phi) is 5.04. The molecule has 1 atom stereocenters. The molecule has 1 fully saturated rings. The fourth-order valence-electron chi connectivity index (χ4n) is 2.65. The second-order valence-corrected chi connectivity index (χ2v) is 5.49. The van der Waals surface area contributed by atoms with Crippen molar-refractivity contribution in [3.8, 4) is 0 Å². The lowest BCUT2D eigenvalue weighted by molar-refractivity contribution is 0.0608. The molecule has 1 N–H and O–H groups in total. The van der Waals surface area contributed by atoms with Crippen molar-refractivity contribution in [2.75, 3.05) is 20.3 Å². The summed E-state index contributed by atoms with van der Waals surface area (Å²) in [5, 5.41) is 4.31. The summed E-state index contributed by atoms with van der Waals surface area (Å²) in [5.74, 6) is 0.743. The lowest BCUT2D eigenvalue weighted by Crippen LogP contribution is -2.24. The molecule has 0 aromatic heterocycles. The smallest absolute Gasteiger partial charge is 0.0482 e. The maximum Gasteiger partial charge on any atom is 0.0482 e. The van der Waals surface area contributed by atoms with Crippen LogP contribution in [0.5, 0.6) is 0 Å². The summed E-state index contributed by atoms with van der Waals surface area (Å²) in [5.41, 5.74) is 2.38. The van der Waals surface area contributed by atoms with E-state index in [1.54, 1.807) is 0 Å². The Balaban J connectivity index is 2.09. The SMILES string of the molecule is CNC(CC1CCOCC1)c1cccc(C)c1Cl. The number of rotatable bonds is 4. The highest BCUT2D eigenvalue weighted by Gasteiger charge is 2.21. The zero-order valence-electron chi connectivity index (χ0n) is 11.2. The van der Waals surface area contributed by atoms with Gasteiger partial charge >= 0.3 is 0 Å². The molecule has 3 heteroatoms. The van der Waals surface area contributed by atoms with Crippen LogP contribution in [0.25, 0.3) is 0 Å². The van der Waals surface area contributed by atoms with Gasteiger partial charge in [-0.05, 0) is 50.3 Å². The fraction of sp³-hybridized carbons (Fsp3) is 0.600. The summed E-state index contributed by atoms with van der Waals surface area (Å²) in [6.07, 6.45) is 3.48. The lowest BCUT2D eigenvalue weighted by Gasteiger charge is -2.27. The monoisotopic (exact) mass is 267 g/mol. The van der Waals surface area contributed by atoms with E-state index < -0.39 is 0 Å². The first-order valence-electron chi connectivity index (χ1n) is 6.72. The van der Waals surface area contributed by atoms with Crippen LogP contribution in [-0.2, 0) is 4.74 Å². The van der Waals surface area contributed by atoms with Crippen LogP contribution >= 0.6 is 11.6 Å². The Morgan fingerprint density at radius 1 is 1.39 bits per heavy atom.